The van der Waals surface area contributed by atoms with Crippen molar-refractivity contribution in [2.45, 2.75) is 6.42 Å². The zero-order valence-corrected chi connectivity index (χ0v) is 11.5. The molecule has 1 heterocycles. The van der Waals surface area contributed by atoms with Crippen LogP contribution in [0.3, 0.4) is 0 Å². The number of hydrogen-bond donors (Lipinski definition) is 0. The van der Waals surface area contributed by atoms with E-state index < -0.39 is 0 Å². The van der Waals surface area contributed by atoms with E-state index in [1.165, 1.54) is 0 Å². The lowest BCUT2D eigenvalue weighted by Gasteiger charge is -2.10. The molecular formula is C12H12BrClO3. The van der Waals surface area contributed by atoms with Gasteiger partial charge in [-0.05, 0) is 24.6 Å². The monoisotopic (exact) mass is 318 g/mol. The van der Waals surface area contributed by atoms with Crippen LogP contribution in [0.15, 0.2) is 22.7 Å². The molecular weight excluding hydrogens is 307 g/mol. The molecule has 3 nitrogen and oxygen atoms in total. The molecule has 5 heteroatoms. The standard InChI is InChI=1S/C12H12BrClO3/c13-9-1-2-10(14)12(5-9)17-7-11(15)8-3-4-16-6-8/h1-2,5,8H,3-4,6-7H2. The normalized spacial score (nSPS) is 19.3. The molecule has 0 radical (unpaired) electrons. The molecule has 0 amide bonds. The Labute approximate surface area is 113 Å². The number of Topliss-reactive ketones (excluding diaryl/α,β-unsaturated/α-hetero) is 1. The zero-order chi connectivity index (χ0) is 12.3. The van der Waals surface area contributed by atoms with Crippen LogP contribution in [0.25, 0.3) is 0 Å². The minimum absolute atomic E-state index is 0.0269. The molecule has 1 saturated heterocycles. The molecule has 0 aromatic heterocycles. The van der Waals surface area contributed by atoms with E-state index >= 15 is 0 Å². The Hall–Kier alpha value is -0.580. The predicted molar refractivity (Wildman–Crippen MR) is 68.6 cm³/mol. The Morgan fingerprint density at radius 1 is 1.59 bits per heavy atom. The number of ketones is 1. The first-order chi connectivity index (χ1) is 8.16. The van der Waals surface area contributed by atoms with Crippen LogP contribution >= 0.6 is 27.5 Å². The van der Waals surface area contributed by atoms with Crippen molar-refractivity contribution in [1.29, 1.82) is 0 Å². The molecule has 1 atom stereocenters. The topological polar surface area (TPSA) is 35.5 Å². The molecule has 1 aliphatic heterocycles. The molecule has 92 valence electrons. The number of carbonyl (C=O) groups is 1. The van der Waals surface area contributed by atoms with Gasteiger partial charge in [0.25, 0.3) is 0 Å². The van der Waals surface area contributed by atoms with Crippen molar-refractivity contribution in [2.75, 3.05) is 19.8 Å². The summed E-state index contributed by atoms with van der Waals surface area (Å²) in [6, 6.07) is 5.30. The smallest absolute Gasteiger partial charge is 0.175 e. The third-order valence-corrected chi connectivity index (χ3v) is 3.45. The van der Waals surface area contributed by atoms with Crippen LogP contribution in [0.2, 0.25) is 5.02 Å². The number of halogens is 2. The number of hydrogen-bond acceptors (Lipinski definition) is 3. The summed E-state index contributed by atoms with van der Waals surface area (Å²) in [4.78, 5) is 11.8. The van der Waals surface area contributed by atoms with Crippen molar-refractivity contribution in [3.8, 4) is 5.75 Å². The highest BCUT2D eigenvalue weighted by atomic mass is 79.9. The Morgan fingerprint density at radius 3 is 3.12 bits per heavy atom. The number of benzene rings is 1. The Bertz CT molecular complexity index is 416. The van der Waals surface area contributed by atoms with E-state index in [-0.39, 0.29) is 18.3 Å². The second-order valence-electron chi connectivity index (χ2n) is 3.89. The first-order valence-corrected chi connectivity index (χ1v) is 6.52. The zero-order valence-electron chi connectivity index (χ0n) is 9.12. The molecule has 1 aromatic rings. The maximum atomic E-state index is 11.8. The highest BCUT2D eigenvalue weighted by molar-refractivity contribution is 9.10. The van der Waals surface area contributed by atoms with Crippen molar-refractivity contribution in [3.63, 3.8) is 0 Å². The highest BCUT2D eigenvalue weighted by Crippen LogP contribution is 2.28. The third-order valence-electron chi connectivity index (χ3n) is 2.65. The average Bonchev–Trinajstić information content (AvgIpc) is 2.83. The summed E-state index contributed by atoms with van der Waals surface area (Å²) < 4.78 is 11.5. The molecule has 0 saturated carbocycles. The fraction of sp³-hybridized carbons (Fsp3) is 0.417. The van der Waals surface area contributed by atoms with E-state index in [9.17, 15) is 4.79 Å². The van der Waals surface area contributed by atoms with Crippen LogP contribution in [0, 0.1) is 5.92 Å². The van der Waals surface area contributed by atoms with Gasteiger partial charge in [0, 0.05) is 17.0 Å². The van der Waals surface area contributed by atoms with Crippen LogP contribution in [-0.4, -0.2) is 25.6 Å². The molecule has 0 aliphatic carbocycles. The first kappa shape index (κ1) is 12.9. The van der Waals surface area contributed by atoms with Gasteiger partial charge in [-0.2, -0.15) is 0 Å². The summed E-state index contributed by atoms with van der Waals surface area (Å²) in [5, 5.41) is 0.503. The van der Waals surface area contributed by atoms with Crippen LogP contribution in [-0.2, 0) is 9.53 Å². The van der Waals surface area contributed by atoms with Crippen LogP contribution < -0.4 is 4.74 Å². The summed E-state index contributed by atoms with van der Waals surface area (Å²) in [7, 11) is 0. The quantitative estimate of drug-likeness (QED) is 0.855. The van der Waals surface area contributed by atoms with E-state index in [1.54, 1.807) is 12.1 Å². The molecule has 17 heavy (non-hydrogen) atoms. The largest absolute Gasteiger partial charge is 0.484 e. The maximum absolute atomic E-state index is 11.8. The van der Waals surface area contributed by atoms with Gasteiger partial charge in [0.15, 0.2) is 5.78 Å². The van der Waals surface area contributed by atoms with Crippen LogP contribution in [0.5, 0.6) is 5.75 Å². The minimum atomic E-state index is -0.0269. The highest BCUT2D eigenvalue weighted by Gasteiger charge is 2.23. The lowest BCUT2D eigenvalue weighted by Crippen LogP contribution is -2.21. The Morgan fingerprint density at radius 2 is 2.41 bits per heavy atom. The number of rotatable bonds is 4. The van der Waals surface area contributed by atoms with Crippen molar-refractivity contribution >= 4 is 33.3 Å². The van der Waals surface area contributed by atoms with Gasteiger partial charge in [-0.1, -0.05) is 27.5 Å². The third kappa shape index (κ3) is 3.44. The lowest BCUT2D eigenvalue weighted by atomic mass is 10.0. The minimum Gasteiger partial charge on any atom is -0.484 e. The van der Waals surface area contributed by atoms with Crippen molar-refractivity contribution in [2.24, 2.45) is 5.92 Å². The number of carbonyl (C=O) groups excluding carboxylic acids is 1. The van der Waals surface area contributed by atoms with Gasteiger partial charge in [-0.15, -0.1) is 0 Å². The number of ether oxygens (including phenoxy) is 2. The Balaban J connectivity index is 1.92. The van der Waals surface area contributed by atoms with Gasteiger partial charge in [0.2, 0.25) is 0 Å². The second-order valence-corrected chi connectivity index (χ2v) is 5.21. The summed E-state index contributed by atoms with van der Waals surface area (Å²) in [5.41, 5.74) is 0. The van der Waals surface area contributed by atoms with Gasteiger partial charge in [-0.25, -0.2) is 0 Å². The molecule has 0 spiro atoms. The van der Waals surface area contributed by atoms with E-state index in [2.05, 4.69) is 15.9 Å². The van der Waals surface area contributed by atoms with Gasteiger partial charge in [-0.3, -0.25) is 4.79 Å². The van der Waals surface area contributed by atoms with Crippen molar-refractivity contribution in [3.05, 3.63) is 27.7 Å². The fourth-order valence-electron chi connectivity index (χ4n) is 1.64. The van der Waals surface area contributed by atoms with Crippen molar-refractivity contribution in [1.82, 2.24) is 0 Å². The second kappa shape index (κ2) is 5.85. The van der Waals surface area contributed by atoms with E-state index in [1.807, 2.05) is 6.07 Å². The summed E-state index contributed by atoms with van der Waals surface area (Å²) in [6.07, 6.45) is 0.786. The molecule has 1 fully saturated rings. The van der Waals surface area contributed by atoms with Gasteiger partial charge >= 0.3 is 0 Å². The van der Waals surface area contributed by atoms with E-state index in [0.29, 0.717) is 24.0 Å². The summed E-state index contributed by atoms with van der Waals surface area (Å²) in [6.45, 7) is 1.21. The van der Waals surface area contributed by atoms with Crippen LogP contribution in [0.4, 0.5) is 0 Å². The van der Waals surface area contributed by atoms with Gasteiger partial charge in [0.1, 0.15) is 12.4 Å². The van der Waals surface area contributed by atoms with E-state index in [0.717, 1.165) is 10.9 Å². The fourth-order valence-corrected chi connectivity index (χ4v) is 2.16. The van der Waals surface area contributed by atoms with Crippen molar-refractivity contribution < 1.29 is 14.3 Å². The maximum Gasteiger partial charge on any atom is 0.175 e. The SMILES string of the molecule is O=C(COc1cc(Br)ccc1Cl)C1CCOC1. The summed E-state index contributed by atoms with van der Waals surface area (Å²) in [5.74, 6) is 0.563. The van der Waals surface area contributed by atoms with E-state index in [4.69, 9.17) is 21.1 Å². The molecule has 0 N–H and O–H groups in total. The average molecular weight is 320 g/mol. The van der Waals surface area contributed by atoms with Gasteiger partial charge < -0.3 is 9.47 Å². The van der Waals surface area contributed by atoms with Gasteiger partial charge in [0.05, 0.1) is 11.6 Å². The molecule has 0 bridgehead atoms. The molecule has 2 rings (SSSR count). The Kier molecular flexibility index (Phi) is 4.42. The summed E-state index contributed by atoms with van der Waals surface area (Å²) >= 11 is 9.28. The molecule has 1 aliphatic rings. The van der Waals surface area contributed by atoms with Crippen LogP contribution in [0.1, 0.15) is 6.42 Å². The predicted octanol–water partition coefficient (Wildman–Crippen LogP) is 3.09. The molecule has 1 unspecified atom stereocenters. The first-order valence-electron chi connectivity index (χ1n) is 5.35. The lowest BCUT2D eigenvalue weighted by molar-refractivity contribution is -0.124. The molecule has 1 aromatic carbocycles.